The molecule has 4 heteroatoms. The van der Waals surface area contributed by atoms with Crippen molar-refractivity contribution >= 4 is 12.0 Å². The van der Waals surface area contributed by atoms with Crippen LogP contribution in [-0.2, 0) is 4.79 Å². The van der Waals surface area contributed by atoms with Crippen molar-refractivity contribution < 1.29 is 9.90 Å². The summed E-state index contributed by atoms with van der Waals surface area (Å²) < 4.78 is 0. The van der Waals surface area contributed by atoms with Crippen LogP contribution in [-0.4, -0.2) is 21.3 Å². The second-order valence-corrected chi connectivity index (χ2v) is 2.36. The van der Waals surface area contributed by atoms with Crippen molar-refractivity contribution in [1.82, 2.24) is 10.2 Å². The van der Waals surface area contributed by atoms with Crippen molar-refractivity contribution in [2.24, 2.45) is 0 Å². The largest absolute Gasteiger partial charge is 0.478 e. The van der Waals surface area contributed by atoms with E-state index in [0.29, 0.717) is 12.0 Å². The Morgan fingerprint density at radius 1 is 1.83 bits per heavy atom. The highest BCUT2D eigenvalue weighted by Gasteiger charge is 2.03. The molecule has 0 amide bonds. The molecule has 0 unspecified atom stereocenters. The summed E-state index contributed by atoms with van der Waals surface area (Å²) in [4.78, 5) is 10.6. The number of aromatic amines is 1. The van der Waals surface area contributed by atoms with Crippen molar-refractivity contribution in [3.05, 3.63) is 23.5 Å². The van der Waals surface area contributed by atoms with Gasteiger partial charge in [-0.3, -0.25) is 5.10 Å². The Morgan fingerprint density at radius 3 is 3.00 bits per heavy atom. The third-order valence-electron chi connectivity index (χ3n) is 1.52. The molecule has 0 aliphatic rings. The highest BCUT2D eigenvalue weighted by Crippen LogP contribution is 2.07. The monoisotopic (exact) mass is 166 g/mol. The lowest BCUT2D eigenvalue weighted by molar-refractivity contribution is -0.132. The summed E-state index contributed by atoms with van der Waals surface area (Å²) in [7, 11) is 0. The summed E-state index contributed by atoms with van der Waals surface area (Å²) in [5.41, 5.74) is 1.17. The SMILES string of the molecule is CCC(=Cc1cn[nH]c1)C(=O)O. The van der Waals surface area contributed by atoms with Crippen LogP contribution in [0, 0.1) is 0 Å². The Balaban J connectivity index is 2.85. The molecule has 1 heterocycles. The van der Waals surface area contributed by atoms with E-state index in [2.05, 4.69) is 10.2 Å². The minimum atomic E-state index is -0.876. The van der Waals surface area contributed by atoms with E-state index in [-0.39, 0.29) is 0 Å². The first-order chi connectivity index (χ1) is 5.74. The summed E-state index contributed by atoms with van der Waals surface area (Å²) in [6.07, 6.45) is 5.35. The Labute approximate surface area is 69.9 Å². The molecule has 0 bridgehead atoms. The van der Waals surface area contributed by atoms with Gasteiger partial charge in [-0.2, -0.15) is 5.10 Å². The number of carbonyl (C=O) groups is 1. The molecular formula is C8H10N2O2. The third kappa shape index (κ3) is 1.95. The van der Waals surface area contributed by atoms with Gasteiger partial charge < -0.3 is 5.11 Å². The molecule has 0 atom stereocenters. The third-order valence-corrected chi connectivity index (χ3v) is 1.52. The van der Waals surface area contributed by atoms with Gasteiger partial charge in [0.2, 0.25) is 0 Å². The van der Waals surface area contributed by atoms with Gasteiger partial charge in [0.25, 0.3) is 0 Å². The summed E-state index contributed by atoms with van der Waals surface area (Å²) in [6, 6.07) is 0. The molecule has 0 fully saturated rings. The molecule has 1 aromatic rings. The van der Waals surface area contributed by atoms with E-state index in [4.69, 9.17) is 5.11 Å². The lowest BCUT2D eigenvalue weighted by Crippen LogP contribution is -1.98. The van der Waals surface area contributed by atoms with Crippen LogP contribution in [0.3, 0.4) is 0 Å². The summed E-state index contributed by atoms with van der Waals surface area (Å²) in [6.45, 7) is 1.81. The van der Waals surface area contributed by atoms with Crippen LogP contribution in [0.2, 0.25) is 0 Å². The topological polar surface area (TPSA) is 66.0 Å². The van der Waals surface area contributed by atoms with Crippen LogP contribution in [0.25, 0.3) is 6.08 Å². The molecule has 0 aliphatic heterocycles. The number of aliphatic carboxylic acids is 1. The number of rotatable bonds is 3. The number of carboxylic acid groups (broad SMARTS) is 1. The molecule has 0 saturated carbocycles. The quantitative estimate of drug-likeness (QED) is 0.665. The minimum Gasteiger partial charge on any atom is -0.478 e. The molecule has 1 aromatic heterocycles. The van der Waals surface area contributed by atoms with E-state index in [1.807, 2.05) is 0 Å². The van der Waals surface area contributed by atoms with Crippen LogP contribution in [0.4, 0.5) is 0 Å². The van der Waals surface area contributed by atoms with Crippen LogP contribution < -0.4 is 0 Å². The van der Waals surface area contributed by atoms with Gasteiger partial charge in [0.05, 0.1) is 6.20 Å². The van der Waals surface area contributed by atoms with Crippen molar-refractivity contribution in [2.75, 3.05) is 0 Å². The smallest absolute Gasteiger partial charge is 0.331 e. The van der Waals surface area contributed by atoms with Gasteiger partial charge in [0.15, 0.2) is 0 Å². The van der Waals surface area contributed by atoms with E-state index in [9.17, 15) is 4.79 Å². The first-order valence-electron chi connectivity index (χ1n) is 3.66. The second kappa shape index (κ2) is 3.71. The van der Waals surface area contributed by atoms with E-state index >= 15 is 0 Å². The van der Waals surface area contributed by atoms with E-state index in [1.165, 1.54) is 0 Å². The zero-order valence-electron chi connectivity index (χ0n) is 6.74. The zero-order valence-corrected chi connectivity index (χ0v) is 6.74. The van der Waals surface area contributed by atoms with E-state index in [0.717, 1.165) is 5.56 Å². The molecule has 12 heavy (non-hydrogen) atoms. The lowest BCUT2D eigenvalue weighted by atomic mass is 10.1. The Hall–Kier alpha value is -1.58. The zero-order chi connectivity index (χ0) is 8.97. The minimum absolute atomic E-state index is 0.386. The predicted octanol–water partition coefficient (Wildman–Crippen LogP) is 1.29. The van der Waals surface area contributed by atoms with Gasteiger partial charge in [0.1, 0.15) is 0 Å². The average molecular weight is 166 g/mol. The number of hydrogen-bond donors (Lipinski definition) is 2. The highest BCUT2D eigenvalue weighted by molar-refractivity contribution is 5.91. The van der Waals surface area contributed by atoms with Gasteiger partial charge >= 0.3 is 5.97 Å². The molecule has 0 spiro atoms. The van der Waals surface area contributed by atoms with E-state index in [1.54, 1.807) is 25.4 Å². The highest BCUT2D eigenvalue weighted by atomic mass is 16.4. The summed E-state index contributed by atoms with van der Waals surface area (Å²) in [5, 5.41) is 15.0. The molecule has 0 aromatic carbocycles. The Kier molecular flexibility index (Phi) is 2.63. The second-order valence-electron chi connectivity index (χ2n) is 2.36. The number of hydrogen-bond acceptors (Lipinski definition) is 2. The van der Waals surface area contributed by atoms with Gasteiger partial charge in [-0.15, -0.1) is 0 Å². The van der Waals surface area contributed by atoms with Gasteiger partial charge in [0, 0.05) is 17.3 Å². The maximum absolute atomic E-state index is 10.6. The molecular weight excluding hydrogens is 156 g/mol. The van der Waals surface area contributed by atoms with Crippen LogP contribution in [0.5, 0.6) is 0 Å². The number of nitrogens with zero attached hydrogens (tertiary/aromatic N) is 1. The van der Waals surface area contributed by atoms with Crippen molar-refractivity contribution in [1.29, 1.82) is 0 Å². The van der Waals surface area contributed by atoms with Gasteiger partial charge in [-0.1, -0.05) is 6.92 Å². The summed E-state index contributed by atoms with van der Waals surface area (Å²) in [5.74, 6) is -0.876. The number of carboxylic acids is 1. The lowest BCUT2D eigenvalue weighted by Gasteiger charge is -1.94. The molecule has 64 valence electrons. The van der Waals surface area contributed by atoms with Gasteiger partial charge in [-0.05, 0) is 12.5 Å². The number of nitrogens with one attached hydrogen (secondary N) is 1. The van der Waals surface area contributed by atoms with Crippen molar-refractivity contribution in [3.63, 3.8) is 0 Å². The van der Waals surface area contributed by atoms with Gasteiger partial charge in [-0.25, -0.2) is 4.79 Å². The van der Waals surface area contributed by atoms with Crippen LogP contribution >= 0.6 is 0 Å². The number of H-pyrrole nitrogens is 1. The molecule has 0 radical (unpaired) electrons. The van der Waals surface area contributed by atoms with E-state index < -0.39 is 5.97 Å². The standard InChI is InChI=1S/C8H10N2O2/c1-2-7(8(11)12)3-6-4-9-10-5-6/h3-5H,2H2,1H3,(H,9,10)(H,11,12). The molecule has 4 nitrogen and oxygen atoms in total. The summed E-state index contributed by atoms with van der Waals surface area (Å²) >= 11 is 0. The fraction of sp³-hybridized carbons (Fsp3) is 0.250. The molecule has 2 N–H and O–H groups in total. The molecule has 0 aliphatic carbocycles. The fourth-order valence-electron chi connectivity index (χ4n) is 0.856. The molecule has 0 saturated heterocycles. The Morgan fingerprint density at radius 2 is 2.58 bits per heavy atom. The van der Waals surface area contributed by atoms with Crippen molar-refractivity contribution in [3.8, 4) is 0 Å². The first-order valence-corrected chi connectivity index (χ1v) is 3.66. The first kappa shape index (κ1) is 8.52. The average Bonchev–Trinajstić information content (AvgIpc) is 2.51. The normalized spacial score (nSPS) is 11.6. The fourth-order valence-corrected chi connectivity index (χ4v) is 0.856. The van der Waals surface area contributed by atoms with Crippen LogP contribution in [0.15, 0.2) is 18.0 Å². The number of aromatic nitrogens is 2. The van der Waals surface area contributed by atoms with Crippen molar-refractivity contribution in [2.45, 2.75) is 13.3 Å². The molecule has 1 rings (SSSR count). The maximum Gasteiger partial charge on any atom is 0.331 e. The maximum atomic E-state index is 10.6. The Bertz CT molecular complexity index is 288. The van der Waals surface area contributed by atoms with Crippen LogP contribution in [0.1, 0.15) is 18.9 Å². The predicted molar refractivity (Wildman–Crippen MR) is 44.5 cm³/mol.